The monoisotopic (exact) mass is 429 g/mol. The Hall–Kier alpha value is -4.35. The molecular weight excluding hydrogens is 410 g/mol. The number of carbonyl (C=O) groups is 1. The number of aromatic nitrogens is 2. The number of hydrogen-bond donors (Lipinski definition) is 2. The number of hydrogen-bond acceptors (Lipinski definition) is 9. The molecule has 2 aromatic carbocycles. The van der Waals surface area contributed by atoms with Gasteiger partial charge in [-0.05, 0) is 24.3 Å². The van der Waals surface area contributed by atoms with Gasteiger partial charge in [-0.15, -0.1) is 0 Å². The Balaban J connectivity index is 1.65. The van der Waals surface area contributed by atoms with Gasteiger partial charge in [-0.2, -0.15) is 4.98 Å². The number of ether oxygens (including phenoxy) is 3. The first kappa shape index (κ1) is 21.4. The summed E-state index contributed by atoms with van der Waals surface area (Å²) in [6.45, 7) is -0.0315. The Labute approximate surface area is 176 Å². The molecule has 2 N–H and O–H groups in total. The van der Waals surface area contributed by atoms with Gasteiger partial charge in [0, 0.05) is 23.4 Å². The Kier molecular flexibility index (Phi) is 6.50. The molecule has 0 fully saturated rings. The van der Waals surface area contributed by atoms with E-state index in [9.17, 15) is 14.9 Å². The molecule has 3 aromatic rings. The van der Waals surface area contributed by atoms with Crippen molar-refractivity contribution in [1.29, 1.82) is 0 Å². The number of anilines is 1. The number of rotatable bonds is 8. The largest absolute Gasteiger partial charge is 0.493 e. The molecule has 0 aliphatic heterocycles. The van der Waals surface area contributed by atoms with Crippen LogP contribution in [0, 0.1) is 10.1 Å². The van der Waals surface area contributed by atoms with Crippen LogP contribution in [0.1, 0.15) is 5.89 Å². The van der Waals surface area contributed by atoms with E-state index in [0.29, 0.717) is 28.5 Å². The smallest absolute Gasteiger partial charge is 0.319 e. The molecule has 0 aliphatic carbocycles. The van der Waals surface area contributed by atoms with Crippen LogP contribution in [0.3, 0.4) is 0 Å². The number of urea groups is 1. The third-order valence-corrected chi connectivity index (χ3v) is 4.13. The van der Waals surface area contributed by atoms with Crippen molar-refractivity contribution in [3.63, 3.8) is 0 Å². The molecule has 1 heterocycles. The Morgan fingerprint density at radius 3 is 2.29 bits per heavy atom. The third kappa shape index (κ3) is 4.98. The molecule has 0 atom stereocenters. The predicted molar refractivity (Wildman–Crippen MR) is 108 cm³/mol. The van der Waals surface area contributed by atoms with E-state index in [1.807, 2.05) is 0 Å². The first-order valence-corrected chi connectivity index (χ1v) is 8.87. The van der Waals surface area contributed by atoms with Crippen molar-refractivity contribution in [3.05, 3.63) is 52.4 Å². The minimum atomic E-state index is -0.540. The van der Waals surface area contributed by atoms with Crippen LogP contribution >= 0.6 is 0 Å². The lowest BCUT2D eigenvalue weighted by molar-refractivity contribution is -0.384. The summed E-state index contributed by atoms with van der Waals surface area (Å²) in [5, 5.41) is 19.7. The maximum atomic E-state index is 12.0. The molecule has 0 bridgehead atoms. The second kappa shape index (κ2) is 9.43. The van der Waals surface area contributed by atoms with Crippen LogP contribution in [0.2, 0.25) is 0 Å². The fraction of sp³-hybridized carbons (Fsp3) is 0.211. The van der Waals surface area contributed by atoms with E-state index in [1.54, 1.807) is 12.1 Å². The van der Waals surface area contributed by atoms with Crippen LogP contribution in [-0.4, -0.2) is 42.4 Å². The second-order valence-electron chi connectivity index (χ2n) is 6.04. The Bertz CT molecular complexity index is 1060. The number of nitrogens with zero attached hydrogens (tertiary/aromatic N) is 3. The molecular formula is C19H19N5O7. The van der Waals surface area contributed by atoms with Gasteiger partial charge in [0.25, 0.3) is 5.69 Å². The summed E-state index contributed by atoms with van der Waals surface area (Å²) >= 11 is 0. The van der Waals surface area contributed by atoms with Gasteiger partial charge < -0.3 is 29.4 Å². The van der Waals surface area contributed by atoms with Crippen LogP contribution in [-0.2, 0) is 6.54 Å². The first-order valence-electron chi connectivity index (χ1n) is 8.87. The SMILES string of the molecule is COc1cc(-c2noc(CNC(=O)Nc3ccc([N+](=O)[O-])cc3)n2)cc(OC)c1OC. The van der Waals surface area contributed by atoms with E-state index in [0.717, 1.165) is 0 Å². The van der Waals surface area contributed by atoms with Gasteiger partial charge in [0.1, 0.15) is 0 Å². The normalized spacial score (nSPS) is 10.3. The average molecular weight is 429 g/mol. The maximum absolute atomic E-state index is 12.0. The molecule has 0 aliphatic rings. The zero-order chi connectivity index (χ0) is 22.4. The van der Waals surface area contributed by atoms with Gasteiger partial charge in [-0.25, -0.2) is 4.79 Å². The minimum Gasteiger partial charge on any atom is -0.493 e. The van der Waals surface area contributed by atoms with Gasteiger partial charge in [-0.3, -0.25) is 10.1 Å². The van der Waals surface area contributed by atoms with Crippen molar-refractivity contribution in [3.8, 4) is 28.6 Å². The highest BCUT2D eigenvalue weighted by Gasteiger charge is 2.17. The topological polar surface area (TPSA) is 151 Å². The van der Waals surface area contributed by atoms with E-state index in [-0.39, 0.29) is 23.9 Å². The summed E-state index contributed by atoms with van der Waals surface area (Å²) in [7, 11) is 4.49. The number of nitrogens with one attached hydrogen (secondary N) is 2. The lowest BCUT2D eigenvalue weighted by Gasteiger charge is -2.12. The van der Waals surface area contributed by atoms with Crippen LogP contribution < -0.4 is 24.8 Å². The molecule has 31 heavy (non-hydrogen) atoms. The molecule has 12 heteroatoms. The van der Waals surface area contributed by atoms with Crippen LogP contribution in [0.4, 0.5) is 16.2 Å². The highest BCUT2D eigenvalue weighted by atomic mass is 16.6. The zero-order valence-electron chi connectivity index (χ0n) is 16.9. The van der Waals surface area contributed by atoms with Gasteiger partial charge in [0.05, 0.1) is 32.8 Å². The van der Waals surface area contributed by atoms with Gasteiger partial charge in [0.2, 0.25) is 17.5 Å². The van der Waals surface area contributed by atoms with Crippen LogP contribution in [0.15, 0.2) is 40.9 Å². The lowest BCUT2D eigenvalue weighted by Crippen LogP contribution is -2.28. The van der Waals surface area contributed by atoms with Gasteiger partial charge in [0.15, 0.2) is 11.5 Å². The Morgan fingerprint density at radius 2 is 1.74 bits per heavy atom. The summed E-state index contributed by atoms with van der Waals surface area (Å²) in [5.41, 5.74) is 0.891. The van der Waals surface area contributed by atoms with Crippen molar-refractivity contribution >= 4 is 17.4 Å². The summed E-state index contributed by atoms with van der Waals surface area (Å²) < 4.78 is 21.1. The van der Waals surface area contributed by atoms with Crippen molar-refractivity contribution in [1.82, 2.24) is 15.5 Å². The number of methoxy groups -OCH3 is 3. The summed E-state index contributed by atoms with van der Waals surface area (Å²) in [6.07, 6.45) is 0. The molecule has 0 saturated carbocycles. The predicted octanol–water partition coefficient (Wildman–Crippen LogP) is 2.99. The number of benzene rings is 2. The number of nitro benzene ring substituents is 1. The Morgan fingerprint density at radius 1 is 1.10 bits per heavy atom. The number of non-ortho nitro benzene ring substituents is 1. The number of amides is 2. The van der Waals surface area contributed by atoms with Crippen molar-refractivity contribution < 1.29 is 28.5 Å². The van der Waals surface area contributed by atoms with E-state index < -0.39 is 11.0 Å². The summed E-state index contributed by atoms with van der Waals surface area (Å²) in [4.78, 5) is 26.4. The summed E-state index contributed by atoms with van der Waals surface area (Å²) in [5.74, 6) is 1.74. The lowest BCUT2D eigenvalue weighted by atomic mass is 10.1. The number of carbonyl (C=O) groups excluding carboxylic acids is 1. The molecule has 3 rings (SSSR count). The van der Waals surface area contributed by atoms with E-state index in [1.165, 1.54) is 45.6 Å². The zero-order valence-corrected chi connectivity index (χ0v) is 16.9. The van der Waals surface area contributed by atoms with Crippen LogP contribution in [0.25, 0.3) is 11.4 Å². The molecule has 0 unspecified atom stereocenters. The molecule has 0 radical (unpaired) electrons. The fourth-order valence-electron chi connectivity index (χ4n) is 2.65. The van der Waals surface area contributed by atoms with Crippen LogP contribution in [0.5, 0.6) is 17.2 Å². The molecule has 12 nitrogen and oxygen atoms in total. The number of nitro groups is 1. The molecule has 1 aromatic heterocycles. The standard InChI is InChI=1S/C19H19N5O7/c1-28-14-8-11(9-15(29-2)17(14)30-3)18-22-16(31-23-18)10-20-19(25)21-12-4-6-13(7-5-12)24(26)27/h4-9H,10H2,1-3H3,(H2,20,21,25). The molecule has 2 amide bonds. The van der Waals surface area contributed by atoms with E-state index in [4.69, 9.17) is 18.7 Å². The van der Waals surface area contributed by atoms with Gasteiger partial charge in [-0.1, -0.05) is 5.16 Å². The quantitative estimate of drug-likeness (QED) is 0.407. The van der Waals surface area contributed by atoms with Crippen molar-refractivity contribution in [2.75, 3.05) is 26.6 Å². The fourth-order valence-corrected chi connectivity index (χ4v) is 2.65. The highest BCUT2D eigenvalue weighted by Crippen LogP contribution is 2.40. The molecule has 0 saturated heterocycles. The van der Waals surface area contributed by atoms with E-state index in [2.05, 4.69) is 20.8 Å². The van der Waals surface area contributed by atoms with Gasteiger partial charge >= 0.3 is 6.03 Å². The summed E-state index contributed by atoms with van der Waals surface area (Å²) in [6, 6.07) is 8.23. The van der Waals surface area contributed by atoms with Crippen molar-refractivity contribution in [2.24, 2.45) is 0 Å². The van der Waals surface area contributed by atoms with Crippen molar-refractivity contribution in [2.45, 2.75) is 6.54 Å². The third-order valence-electron chi connectivity index (χ3n) is 4.13. The average Bonchev–Trinajstić information content (AvgIpc) is 3.26. The molecule has 0 spiro atoms. The van der Waals surface area contributed by atoms with E-state index >= 15 is 0 Å². The highest BCUT2D eigenvalue weighted by molar-refractivity contribution is 5.89. The second-order valence-corrected chi connectivity index (χ2v) is 6.04. The maximum Gasteiger partial charge on any atom is 0.319 e. The molecule has 162 valence electrons. The first-order chi connectivity index (χ1) is 14.9. The minimum absolute atomic E-state index is 0.0315.